The Balaban J connectivity index is 4.50. The summed E-state index contributed by atoms with van der Waals surface area (Å²) >= 11 is 0. The first-order valence-electron chi connectivity index (χ1n) is 3.12. The van der Waals surface area contributed by atoms with Crippen LogP contribution in [0.5, 0.6) is 0 Å². The van der Waals surface area contributed by atoms with E-state index in [2.05, 4.69) is 9.26 Å². The summed E-state index contributed by atoms with van der Waals surface area (Å²) in [6, 6.07) is 0. The van der Waals surface area contributed by atoms with Crippen LogP contribution in [-0.2, 0) is 14.1 Å². The lowest BCUT2D eigenvalue weighted by Crippen LogP contribution is -2.16. The van der Waals surface area contributed by atoms with Crippen molar-refractivity contribution in [3.05, 3.63) is 0 Å². The third-order valence-corrected chi connectivity index (χ3v) is 2.41. The fourth-order valence-corrected chi connectivity index (χ4v) is 1.29. The summed E-state index contributed by atoms with van der Waals surface area (Å²) in [5.41, 5.74) is 0. The molecular weight excluding hydrogens is 167 g/mol. The number of ether oxygens (including phenoxy) is 1. The molecule has 11 heavy (non-hydrogen) atoms. The van der Waals surface area contributed by atoms with Gasteiger partial charge in [0.15, 0.2) is 0 Å². The highest BCUT2D eigenvalue weighted by molar-refractivity contribution is 7.49. The molecule has 0 aliphatic rings. The Hall–Kier alpha value is -0.440. The Morgan fingerprint density at radius 3 is 2.36 bits per heavy atom. The van der Waals surface area contributed by atoms with Gasteiger partial charge in [0.2, 0.25) is 13.3 Å². The molecule has 4 nitrogen and oxygen atoms in total. The van der Waals surface area contributed by atoms with Crippen molar-refractivity contribution < 1.29 is 18.9 Å². The third-order valence-electron chi connectivity index (χ3n) is 1.14. The van der Waals surface area contributed by atoms with Gasteiger partial charge >= 0.3 is 5.97 Å². The van der Waals surface area contributed by atoms with Gasteiger partial charge in [-0.3, -0.25) is 0 Å². The van der Waals surface area contributed by atoms with Gasteiger partial charge in [0.1, 0.15) is 0 Å². The van der Waals surface area contributed by atoms with Crippen LogP contribution in [0.2, 0.25) is 0 Å². The average molecular weight is 178 g/mol. The quantitative estimate of drug-likeness (QED) is 0.453. The van der Waals surface area contributed by atoms with E-state index in [1.165, 1.54) is 14.2 Å². The maximum atomic E-state index is 10.9. The van der Waals surface area contributed by atoms with Crippen LogP contribution in [-0.4, -0.2) is 25.5 Å². The van der Waals surface area contributed by atoms with Gasteiger partial charge in [0, 0.05) is 6.42 Å². The molecule has 0 bridgehead atoms. The number of carbonyl (C=O) groups is 1. The molecule has 0 heterocycles. The zero-order chi connectivity index (χ0) is 8.85. The normalized spacial score (nSPS) is 12.4. The molecule has 0 saturated carbocycles. The van der Waals surface area contributed by atoms with Crippen LogP contribution < -0.4 is 4.89 Å². The van der Waals surface area contributed by atoms with Crippen LogP contribution in [0, 0.1) is 0 Å². The first-order chi connectivity index (χ1) is 5.17. The summed E-state index contributed by atoms with van der Waals surface area (Å²) in [6.07, 6.45) is 0.385. The summed E-state index contributed by atoms with van der Waals surface area (Å²) in [7, 11) is 0.541. The number of esters is 1. The van der Waals surface area contributed by atoms with E-state index in [1.54, 1.807) is 6.92 Å². The van der Waals surface area contributed by atoms with Crippen molar-refractivity contribution in [2.45, 2.75) is 13.3 Å². The van der Waals surface area contributed by atoms with E-state index in [4.69, 9.17) is 0 Å². The second kappa shape index (κ2) is 5.24. The Bertz CT molecular complexity index is 175. The van der Waals surface area contributed by atoms with Crippen LogP contribution in [0.1, 0.15) is 13.3 Å². The fraction of sp³-hybridized carbons (Fsp3) is 0.667. The third kappa shape index (κ3) is 2.97. The van der Waals surface area contributed by atoms with Gasteiger partial charge in [-0.25, -0.2) is 4.79 Å². The van der Waals surface area contributed by atoms with E-state index in [0.717, 1.165) is 0 Å². The average Bonchev–Trinajstić information content (AvgIpc) is 2.05. The highest BCUT2D eigenvalue weighted by Gasteiger charge is 2.18. The first kappa shape index (κ1) is 10.6. The first-order valence-corrected chi connectivity index (χ1v) is 4.30. The molecule has 0 aliphatic carbocycles. The molecule has 5 heteroatoms. The highest BCUT2D eigenvalue weighted by Crippen LogP contribution is 2.15. The molecule has 0 spiro atoms. The van der Waals surface area contributed by atoms with E-state index < -0.39 is 14.0 Å². The van der Waals surface area contributed by atoms with Crippen molar-refractivity contribution >= 4 is 19.3 Å². The van der Waals surface area contributed by atoms with E-state index in [1.807, 2.05) is 0 Å². The van der Waals surface area contributed by atoms with Gasteiger partial charge in [0.05, 0.1) is 14.2 Å². The predicted molar refractivity (Wildman–Crippen MR) is 41.2 cm³/mol. The van der Waals surface area contributed by atoms with Crippen molar-refractivity contribution in [3.8, 4) is 0 Å². The van der Waals surface area contributed by atoms with Crippen LogP contribution in [0.15, 0.2) is 0 Å². The smallest absolute Gasteiger partial charge is 0.379 e. The van der Waals surface area contributed by atoms with Crippen LogP contribution in [0.3, 0.4) is 0 Å². The fourth-order valence-electron chi connectivity index (χ4n) is 0.576. The molecular formula is C6H11O4P. The van der Waals surface area contributed by atoms with Crippen LogP contribution >= 0.6 is 8.00 Å². The summed E-state index contributed by atoms with van der Waals surface area (Å²) in [5.74, 6) is -0.560. The van der Waals surface area contributed by atoms with Crippen molar-refractivity contribution in [1.29, 1.82) is 0 Å². The van der Waals surface area contributed by atoms with Gasteiger partial charge in [-0.15, -0.1) is 0 Å². The summed E-state index contributed by atoms with van der Waals surface area (Å²) in [5, 5.41) is 0.185. The van der Waals surface area contributed by atoms with Gasteiger partial charge in [-0.05, 0) is 0 Å². The molecule has 64 valence electrons. The Morgan fingerprint density at radius 1 is 1.55 bits per heavy atom. The second-order valence-corrected chi connectivity index (χ2v) is 3.15. The van der Waals surface area contributed by atoms with Gasteiger partial charge in [0.25, 0.3) is 0 Å². The molecule has 0 aromatic rings. The SMILES string of the molecule is CCC(C(=O)OC)=[P+]([O-])OC. The van der Waals surface area contributed by atoms with E-state index in [9.17, 15) is 9.69 Å². The minimum atomic E-state index is -1.99. The van der Waals surface area contributed by atoms with Gasteiger partial charge < -0.3 is 9.63 Å². The standard InChI is InChI=1S/C6H11O4P/c1-4-5(6(7)9-2)11(8)10-3/h4H2,1-3H3. The Labute approximate surface area is 66.7 Å². The zero-order valence-electron chi connectivity index (χ0n) is 6.79. The predicted octanol–water partition coefficient (Wildman–Crippen LogP) is 0.0604. The lowest BCUT2D eigenvalue weighted by Gasteiger charge is -1.99. The molecule has 0 aromatic heterocycles. The lowest BCUT2D eigenvalue weighted by molar-refractivity contribution is -0.170. The molecule has 0 radical (unpaired) electrons. The molecule has 0 aromatic carbocycles. The van der Waals surface area contributed by atoms with Crippen LogP contribution in [0.25, 0.3) is 0 Å². The number of rotatable bonds is 3. The summed E-state index contributed by atoms with van der Waals surface area (Å²) in [6.45, 7) is 1.72. The lowest BCUT2D eigenvalue weighted by atomic mass is 10.3. The highest BCUT2D eigenvalue weighted by atomic mass is 31.1. The van der Waals surface area contributed by atoms with Crippen LogP contribution in [0.4, 0.5) is 0 Å². The topological polar surface area (TPSA) is 58.6 Å². The van der Waals surface area contributed by atoms with Crippen molar-refractivity contribution in [1.82, 2.24) is 0 Å². The molecule has 0 N–H and O–H groups in total. The van der Waals surface area contributed by atoms with Crippen molar-refractivity contribution in [2.75, 3.05) is 14.2 Å². The van der Waals surface area contributed by atoms with E-state index in [-0.39, 0.29) is 5.29 Å². The monoisotopic (exact) mass is 178 g/mol. The molecule has 0 rings (SSSR count). The number of carbonyl (C=O) groups excluding carboxylic acids is 1. The zero-order valence-corrected chi connectivity index (χ0v) is 7.68. The molecule has 0 fully saturated rings. The van der Waals surface area contributed by atoms with Gasteiger partial charge in [-0.1, -0.05) is 6.92 Å². The molecule has 0 saturated heterocycles. The number of hydrogen-bond donors (Lipinski definition) is 0. The molecule has 1 unspecified atom stereocenters. The minimum Gasteiger partial charge on any atom is -0.603 e. The largest absolute Gasteiger partial charge is 0.603 e. The summed E-state index contributed by atoms with van der Waals surface area (Å²) < 4.78 is 8.88. The van der Waals surface area contributed by atoms with E-state index >= 15 is 0 Å². The molecule has 0 aliphatic heterocycles. The van der Waals surface area contributed by atoms with Crippen molar-refractivity contribution in [2.24, 2.45) is 0 Å². The van der Waals surface area contributed by atoms with Crippen molar-refractivity contribution in [3.63, 3.8) is 0 Å². The Morgan fingerprint density at radius 2 is 2.09 bits per heavy atom. The maximum absolute atomic E-state index is 10.9. The van der Waals surface area contributed by atoms with E-state index in [0.29, 0.717) is 6.42 Å². The maximum Gasteiger partial charge on any atom is 0.379 e. The number of methoxy groups -OCH3 is 1. The molecule has 0 amide bonds. The second-order valence-electron chi connectivity index (χ2n) is 1.73. The Kier molecular flexibility index (Phi) is 5.03. The minimum absolute atomic E-state index is 0.185. The molecule has 1 atom stereocenters. The number of hydrogen-bond acceptors (Lipinski definition) is 4. The van der Waals surface area contributed by atoms with Gasteiger partial charge in [-0.2, -0.15) is 4.52 Å². The summed E-state index contributed by atoms with van der Waals surface area (Å²) in [4.78, 5) is 21.8.